The van der Waals surface area contributed by atoms with Gasteiger partial charge >= 0.3 is 0 Å². The van der Waals surface area contributed by atoms with E-state index in [1.165, 1.54) is 5.56 Å². The first kappa shape index (κ1) is 16.7. The molecule has 0 unspecified atom stereocenters. The number of methoxy groups -OCH3 is 1. The number of rotatable bonds is 5. The number of hydrogen-bond acceptors (Lipinski definition) is 5. The second-order valence-corrected chi connectivity index (χ2v) is 6.34. The van der Waals surface area contributed by atoms with Crippen LogP contribution in [0.5, 0.6) is 17.2 Å². The van der Waals surface area contributed by atoms with Gasteiger partial charge in [0.1, 0.15) is 24.8 Å². The summed E-state index contributed by atoms with van der Waals surface area (Å²) in [6.07, 6.45) is 1.61. The molecule has 1 N–H and O–H groups in total. The number of benzene rings is 2. The van der Waals surface area contributed by atoms with E-state index < -0.39 is 0 Å². The van der Waals surface area contributed by atoms with E-state index in [0.29, 0.717) is 18.0 Å². The Morgan fingerprint density at radius 1 is 1.08 bits per heavy atom. The van der Waals surface area contributed by atoms with Crippen LogP contribution in [-0.2, 0) is 12.8 Å². The van der Waals surface area contributed by atoms with Crippen molar-refractivity contribution in [2.45, 2.75) is 12.8 Å². The van der Waals surface area contributed by atoms with Crippen LogP contribution in [0.3, 0.4) is 0 Å². The fourth-order valence-electron chi connectivity index (χ4n) is 2.98. The summed E-state index contributed by atoms with van der Waals surface area (Å²) in [6.45, 7) is 1.13. The van der Waals surface area contributed by atoms with Crippen LogP contribution >= 0.6 is 12.2 Å². The first-order valence-corrected chi connectivity index (χ1v) is 8.84. The van der Waals surface area contributed by atoms with E-state index in [-0.39, 0.29) is 0 Å². The second-order valence-electron chi connectivity index (χ2n) is 5.96. The van der Waals surface area contributed by atoms with Crippen molar-refractivity contribution in [2.75, 3.05) is 20.3 Å². The van der Waals surface area contributed by atoms with Crippen LogP contribution in [0.1, 0.15) is 11.4 Å². The van der Waals surface area contributed by atoms with Crippen LogP contribution in [0.2, 0.25) is 0 Å². The van der Waals surface area contributed by atoms with E-state index in [1.807, 2.05) is 34.9 Å². The van der Waals surface area contributed by atoms with Crippen LogP contribution in [0.4, 0.5) is 0 Å². The number of nitrogens with one attached hydrogen (secondary N) is 1. The van der Waals surface area contributed by atoms with Gasteiger partial charge in [-0.25, -0.2) is 0 Å². The van der Waals surface area contributed by atoms with Gasteiger partial charge in [0.25, 0.3) is 0 Å². The largest absolute Gasteiger partial charge is 0.497 e. The lowest BCUT2D eigenvalue weighted by molar-refractivity contribution is 0.171. The van der Waals surface area contributed by atoms with Gasteiger partial charge in [0, 0.05) is 12.5 Å². The SMILES string of the molecule is COc1ccc(CCc2n[nH]c(=S)n2-c2ccc3c(c2)OCCO3)cc1. The summed E-state index contributed by atoms with van der Waals surface area (Å²) < 4.78 is 19.0. The Balaban J connectivity index is 1.58. The molecule has 7 heteroatoms. The van der Waals surface area contributed by atoms with Crippen molar-refractivity contribution in [1.29, 1.82) is 0 Å². The molecular formula is C19H19N3O3S. The first-order valence-electron chi connectivity index (χ1n) is 8.44. The zero-order valence-corrected chi connectivity index (χ0v) is 15.2. The maximum atomic E-state index is 5.68. The third-order valence-corrected chi connectivity index (χ3v) is 4.60. The molecule has 0 atom stereocenters. The number of fused-ring (bicyclic) bond motifs is 1. The minimum Gasteiger partial charge on any atom is -0.497 e. The van der Waals surface area contributed by atoms with Crippen LogP contribution in [0, 0.1) is 4.77 Å². The molecule has 1 aliphatic heterocycles. The lowest BCUT2D eigenvalue weighted by atomic mass is 10.1. The van der Waals surface area contributed by atoms with Gasteiger partial charge in [0.05, 0.1) is 12.8 Å². The van der Waals surface area contributed by atoms with Gasteiger partial charge in [-0.2, -0.15) is 5.10 Å². The molecule has 0 spiro atoms. The molecule has 6 nitrogen and oxygen atoms in total. The molecular weight excluding hydrogens is 350 g/mol. The molecule has 26 heavy (non-hydrogen) atoms. The van der Waals surface area contributed by atoms with E-state index in [4.69, 9.17) is 26.4 Å². The third kappa shape index (κ3) is 3.30. The maximum absolute atomic E-state index is 5.68. The van der Waals surface area contributed by atoms with Crippen molar-refractivity contribution in [3.8, 4) is 22.9 Å². The second kappa shape index (κ2) is 7.21. The Morgan fingerprint density at radius 2 is 1.85 bits per heavy atom. The average molecular weight is 369 g/mol. The van der Waals surface area contributed by atoms with Gasteiger partial charge in [0.2, 0.25) is 0 Å². The van der Waals surface area contributed by atoms with Crippen molar-refractivity contribution in [3.63, 3.8) is 0 Å². The summed E-state index contributed by atoms with van der Waals surface area (Å²) in [5.74, 6) is 3.22. The highest BCUT2D eigenvalue weighted by molar-refractivity contribution is 7.71. The molecule has 2 heterocycles. The molecule has 4 rings (SSSR count). The maximum Gasteiger partial charge on any atom is 0.199 e. The number of aryl methyl sites for hydroxylation is 2. The third-order valence-electron chi connectivity index (χ3n) is 4.32. The van der Waals surface area contributed by atoms with Gasteiger partial charge in [-0.3, -0.25) is 9.67 Å². The van der Waals surface area contributed by atoms with Gasteiger partial charge in [-0.15, -0.1) is 0 Å². The van der Waals surface area contributed by atoms with Crippen molar-refractivity contribution in [1.82, 2.24) is 14.8 Å². The molecule has 1 aliphatic rings. The van der Waals surface area contributed by atoms with Crippen LogP contribution in [0.15, 0.2) is 42.5 Å². The Labute approximate surface area is 156 Å². The summed E-state index contributed by atoms with van der Waals surface area (Å²) in [6, 6.07) is 13.9. The zero-order valence-electron chi connectivity index (χ0n) is 14.4. The molecule has 0 saturated heterocycles. The summed E-state index contributed by atoms with van der Waals surface area (Å²) in [4.78, 5) is 0. The van der Waals surface area contributed by atoms with Crippen molar-refractivity contribution in [3.05, 3.63) is 58.6 Å². The average Bonchev–Trinajstić information content (AvgIpc) is 3.07. The molecule has 1 aromatic heterocycles. The number of nitrogens with zero attached hydrogens (tertiary/aromatic N) is 2. The Bertz CT molecular complexity index is 963. The van der Waals surface area contributed by atoms with Gasteiger partial charge in [0.15, 0.2) is 16.3 Å². The first-order chi connectivity index (χ1) is 12.7. The summed E-state index contributed by atoms with van der Waals surface area (Å²) in [5.41, 5.74) is 2.13. The predicted molar refractivity (Wildman–Crippen MR) is 100 cm³/mol. The molecule has 0 fully saturated rings. The van der Waals surface area contributed by atoms with Gasteiger partial charge in [-0.1, -0.05) is 12.1 Å². The van der Waals surface area contributed by atoms with E-state index in [1.54, 1.807) is 7.11 Å². The molecule has 0 radical (unpaired) electrons. The van der Waals surface area contributed by atoms with Crippen LogP contribution in [0.25, 0.3) is 5.69 Å². The van der Waals surface area contributed by atoms with Crippen LogP contribution in [-0.4, -0.2) is 35.1 Å². The minimum absolute atomic E-state index is 0.553. The van der Waals surface area contributed by atoms with Crippen molar-refractivity contribution in [2.24, 2.45) is 0 Å². The molecule has 3 aromatic rings. The number of H-pyrrole nitrogens is 1. The van der Waals surface area contributed by atoms with E-state index >= 15 is 0 Å². The van der Waals surface area contributed by atoms with E-state index in [2.05, 4.69) is 22.3 Å². The molecule has 2 aromatic carbocycles. The summed E-state index contributed by atoms with van der Waals surface area (Å²) >= 11 is 5.43. The standard InChI is InChI=1S/C19H19N3O3S/c1-23-15-6-2-13(3-7-15)4-9-18-20-21-19(26)22(18)14-5-8-16-17(12-14)25-11-10-24-16/h2-3,5-8,12H,4,9-11H2,1H3,(H,21,26). The van der Waals surface area contributed by atoms with E-state index in [0.717, 1.165) is 41.6 Å². The van der Waals surface area contributed by atoms with Gasteiger partial charge in [-0.05, 0) is 48.5 Å². The monoisotopic (exact) mass is 369 g/mol. The van der Waals surface area contributed by atoms with Crippen molar-refractivity contribution < 1.29 is 14.2 Å². The number of aromatic amines is 1. The lowest BCUT2D eigenvalue weighted by Gasteiger charge is -2.19. The Kier molecular flexibility index (Phi) is 4.62. The predicted octanol–water partition coefficient (Wildman–Crippen LogP) is 3.49. The molecule has 134 valence electrons. The fourth-order valence-corrected chi connectivity index (χ4v) is 3.24. The molecule has 0 aliphatic carbocycles. The lowest BCUT2D eigenvalue weighted by Crippen LogP contribution is -2.15. The topological polar surface area (TPSA) is 61.3 Å². The molecule has 0 bridgehead atoms. The highest BCUT2D eigenvalue weighted by Gasteiger charge is 2.15. The number of aromatic nitrogens is 3. The molecule has 0 saturated carbocycles. The summed E-state index contributed by atoms with van der Waals surface area (Å²) in [7, 11) is 1.67. The summed E-state index contributed by atoms with van der Waals surface area (Å²) in [5, 5.41) is 7.30. The molecule has 0 amide bonds. The van der Waals surface area contributed by atoms with Gasteiger partial charge < -0.3 is 14.2 Å². The quantitative estimate of drug-likeness (QED) is 0.698. The Hall–Kier alpha value is -2.80. The highest BCUT2D eigenvalue weighted by atomic mass is 32.1. The number of hydrogen-bond donors (Lipinski definition) is 1. The van der Waals surface area contributed by atoms with Crippen molar-refractivity contribution >= 4 is 12.2 Å². The van der Waals surface area contributed by atoms with Crippen LogP contribution < -0.4 is 14.2 Å². The zero-order chi connectivity index (χ0) is 17.9. The normalized spacial score (nSPS) is 12.8. The smallest absolute Gasteiger partial charge is 0.199 e. The van der Waals surface area contributed by atoms with E-state index in [9.17, 15) is 0 Å². The fraction of sp³-hybridized carbons (Fsp3) is 0.263. The highest BCUT2D eigenvalue weighted by Crippen LogP contribution is 2.32. The minimum atomic E-state index is 0.553. The number of ether oxygens (including phenoxy) is 3. The Morgan fingerprint density at radius 3 is 2.62 bits per heavy atom.